The van der Waals surface area contributed by atoms with Gasteiger partial charge in [-0.05, 0) is 48.9 Å². The number of hydrogen-bond donors (Lipinski definition) is 2. The van der Waals surface area contributed by atoms with Gasteiger partial charge in [-0.3, -0.25) is 4.99 Å². The van der Waals surface area contributed by atoms with Gasteiger partial charge in [0.2, 0.25) is 0 Å². The standard InChI is InChI=1S/C16H15NO4/c1-2-21-15-8-11(6-7-14(15)18)10-17-13-5-3-4-12(9-13)16(19)20/h3-10,18H,2H2,1H3,(H,19,20). The number of rotatable bonds is 5. The molecule has 0 radical (unpaired) electrons. The first-order valence-corrected chi connectivity index (χ1v) is 6.43. The fourth-order valence-corrected chi connectivity index (χ4v) is 1.75. The van der Waals surface area contributed by atoms with Crippen LogP contribution in [-0.4, -0.2) is 29.0 Å². The van der Waals surface area contributed by atoms with E-state index in [0.717, 1.165) is 5.56 Å². The minimum atomic E-state index is -0.990. The van der Waals surface area contributed by atoms with Crippen LogP contribution in [0, 0.1) is 0 Å². The summed E-state index contributed by atoms with van der Waals surface area (Å²) in [6.45, 7) is 2.28. The molecule has 0 spiro atoms. The van der Waals surface area contributed by atoms with Crippen molar-refractivity contribution in [2.24, 2.45) is 4.99 Å². The smallest absolute Gasteiger partial charge is 0.335 e. The number of hydrogen-bond acceptors (Lipinski definition) is 4. The summed E-state index contributed by atoms with van der Waals surface area (Å²) in [7, 11) is 0. The molecule has 21 heavy (non-hydrogen) atoms. The number of ether oxygens (including phenoxy) is 1. The quantitative estimate of drug-likeness (QED) is 0.826. The zero-order chi connectivity index (χ0) is 15.2. The van der Waals surface area contributed by atoms with Crippen LogP contribution in [0.15, 0.2) is 47.5 Å². The van der Waals surface area contributed by atoms with Crippen molar-refractivity contribution in [2.75, 3.05) is 6.61 Å². The van der Waals surface area contributed by atoms with E-state index in [2.05, 4.69) is 4.99 Å². The van der Waals surface area contributed by atoms with E-state index in [0.29, 0.717) is 18.0 Å². The van der Waals surface area contributed by atoms with Crippen LogP contribution in [0.1, 0.15) is 22.8 Å². The molecule has 2 rings (SSSR count). The third-order valence-electron chi connectivity index (χ3n) is 2.74. The molecule has 2 aromatic rings. The lowest BCUT2D eigenvalue weighted by Crippen LogP contribution is -1.94. The van der Waals surface area contributed by atoms with Gasteiger partial charge in [-0.2, -0.15) is 0 Å². The normalized spacial score (nSPS) is 10.7. The number of carboxylic acids is 1. The van der Waals surface area contributed by atoms with E-state index in [1.54, 1.807) is 30.5 Å². The lowest BCUT2D eigenvalue weighted by atomic mass is 10.2. The molecular formula is C16H15NO4. The Morgan fingerprint density at radius 2 is 2.10 bits per heavy atom. The van der Waals surface area contributed by atoms with Crippen LogP contribution >= 0.6 is 0 Å². The maximum atomic E-state index is 10.9. The van der Waals surface area contributed by atoms with Crippen molar-refractivity contribution in [3.63, 3.8) is 0 Å². The van der Waals surface area contributed by atoms with E-state index in [4.69, 9.17) is 9.84 Å². The number of phenols is 1. The van der Waals surface area contributed by atoms with Crippen LogP contribution in [0.25, 0.3) is 0 Å². The summed E-state index contributed by atoms with van der Waals surface area (Å²) in [5.74, 6) is -0.530. The van der Waals surface area contributed by atoms with Crippen molar-refractivity contribution in [1.29, 1.82) is 0 Å². The van der Waals surface area contributed by atoms with Crippen molar-refractivity contribution >= 4 is 17.9 Å². The van der Waals surface area contributed by atoms with Gasteiger partial charge in [-0.15, -0.1) is 0 Å². The number of carboxylic acid groups (broad SMARTS) is 1. The molecule has 2 aromatic carbocycles. The van der Waals surface area contributed by atoms with Gasteiger partial charge in [-0.1, -0.05) is 6.07 Å². The van der Waals surface area contributed by atoms with Crippen LogP contribution in [0.5, 0.6) is 11.5 Å². The Morgan fingerprint density at radius 3 is 2.81 bits per heavy atom. The molecule has 0 aliphatic heterocycles. The van der Waals surface area contributed by atoms with E-state index in [9.17, 15) is 9.90 Å². The first kappa shape index (κ1) is 14.6. The highest BCUT2D eigenvalue weighted by molar-refractivity contribution is 5.89. The molecule has 2 N–H and O–H groups in total. The highest BCUT2D eigenvalue weighted by atomic mass is 16.5. The summed E-state index contributed by atoms with van der Waals surface area (Å²) in [6.07, 6.45) is 1.59. The van der Waals surface area contributed by atoms with Crippen molar-refractivity contribution < 1.29 is 19.7 Å². The molecule has 0 saturated heterocycles. The minimum absolute atomic E-state index is 0.0712. The Labute approximate surface area is 122 Å². The zero-order valence-corrected chi connectivity index (χ0v) is 11.5. The van der Waals surface area contributed by atoms with Crippen LogP contribution in [0.4, 0.5) is 5.69 Å². The van der Waals surface area contributed by atoms with Gasteiger partial charge in [0.15, 0.2) is 11.5 Å². The average Bonchev–Trinajstić information content (AvgIpc) is 2.48. The molecule has 108 valence electrons. The predicted octanol–water partition coefficient (Wildman–Crippen LogP) is 3.24. The van der Waals surface area contributed by atoms with Crippen molar-refractivity contribution in [3.8, 4) is 11.5 Å². The summed E-state index contributed by atoms with van der Waals surface area (Å²) in [4.78, 5) is 15.1. The highest BCUT2D eigenvalue weighted by Crippen LogP contribution is 2.26. The summed E-state index contributed by atoms with van der Waals surface area (Å²) < 4.78 is 5.29. The third kappa shape index (κ3) is 3.82. The molecule has 0 unspecified atom stereocenters. The minimum Gasteiger partial charge on any atom is -0.504 e. The number of aliphatic imine (C=N–C) groups is 1. The van der Waals surface area contributed by atoms with Crippen LogP contribution in [0.2, 0.25) is 0 Å². The van der Waals surface area contributed by atoms with Crippen molar-refractivity contribution in [3.05, 3.63) is 53.6 Å². The van der Waals surface area contributed by atoms with Gasteiger partial charge >= 0.3 is 5.97 Å². The molecule has 5 nitrogen and oxygen atoms in total. The highest BCUT2D eigenvalue weighted by Gasteiger charge is 2.03. The number of benzene rings is 2. The van der Waals surface area contributed by atoms with Gasteiger partial charge in [0.05, 0.1) is 17.9 Å². The largest absolute Gasteiger partial charge is 0.504 e. The van der Waals surface area contributed by atoms with E-state index in [1.165, 1.54) is 18.2 Å². The van der Waals surface area contributed by atoms with Gasteiger partial charge in [0.25, 0.3) is 0 Å². The molecule has 5 heteroatoms. The first-order chi connectivity index (χ1) is 10.1. The number of phenolic OH excluding ortho intramolecular Hbond substituents is 1. The van der Waals surface area contributed by atoms with Gasteiger partial charge < -0.3 is 14.9 Å². The monoisotopic (exact) mass is 285 g/mol. The van der Waals surface area contributed by atoms with Crippen LogP contribution < -0.4 is 4.74 Å². The molecule has 0 atom stereocenters. The van der Waals surface area contributed by atoms with Gasteiger partial charge in [0.1, 0.15) is 0 Å². The second kappa shape index (κ2) is 6.56. The van der Waals surface area contributed by atoms with Gasteiger partial charge in [0, 0.05) is 6.21 Å². The van der Waals surface area contributed by atoms with E-state index in [-0.39, 0.29) is 11.3 Å². The second-order valence-electron chi connectivity index (χ2n) is 4.27. The summed E-state index contributed by atoms with van der Waals surface area (Å²) in [5.41, 5.74) is 1.48. The molecule has 0 heterocycles. The lowest BCUT2D eigenvalue weighted by molar-refractivity contribution is 0.0697. The molecular weight excluding hydrogens is 270 g/mol. The van der Waals surface area contributed by atoms with E-state index in [1.807, 2.05) is 6.92 Å². The number of carbonyl (C=O) groups is 1. The summed E-state index contributed by atoms with van der Waals surface area (Å²) in [5, 5.41) is 18.5. The van der Waals surface area contributed by atoms with E-state index < -0.39 is 5.97 Å². The van der Waals surface area contributed by atoms with Gasteiger partial charge in [-0.25, -0.2) is 4.79 Å². The molecule has 0 aliphatic rings. The Morgan fingerprint density at radius 1 is 1.29 bits per heavy atom. The number of aromatic carboxylic acids is 1. The Kier molecular flexibility index (Phi) is 4.56. The molecule has 0 fully saturated rings. The first-order valence-electron chi connectivity index (χ1n) is 6.43. The van der Waals surface area contributed by atoms with Crippen LogP contribution in [0.3, 0.4) is 0 Å². The number of aromatic hydroxyl groups is 1. The fraction of sp³-hybridized carbons (Fsp3) is 0.125. The van der Waals surface area contributed by atoms with Crippen molar-refractivity contribution in [1.82, 2.24) is 0 Å². The topological polar surface area (TPSA) is 79.1 Å². The third-order valence-corrected chi connectivity index (χ3v) is 2.74. The lowest BCUT2D eigenvalue weighted by Gasteiger charge is -2.06. The average molecular weight is 285 g/mol. The number of nitrogens with zero attached hydrogens (tertiary/aromatic N) is 1. The van der Waals surface area contributed by atoms with Crippen molar-refractivity contribution in [2.45, 2.75) is 6.92 Å². The fourth-order valence-electron chi connectivity index (χ4n) is 1.75. The summed E-state index contributed by atoms with van der Waals surface area (Å²) >= 11 is 0. The summed E-state index contributed by atoms with van der Waals surface area (Å²) in [6, 6.07) is 11.2. The Bertz CT molecular complexity index is 680. The zero-order valence-electron chi connectivity index (χ0n) is 11.5. The molecule has 0 aromatic heterocycles. The molecule has 0 amide bonds. The molecule has 0 bridgehead atoms. The predicted molar refractivity (Wildman–Crippen MR) is 79.9 cm³/mol. The van der Waals surface area contributed by atoms with E-state index >= 15 is 0 Å². The SMILES string of the molecule is CCOc1cc(C=Nc2cccc(C(=O)O)c2)ccc1O. The molecule has 0 aliphatic carbocycles. The molecule has 0 saturated carbocycles. The maximum absolute atomic E-state index is 10.9. The Balaban J connectivity index is 2.23. The maximum Gasteiger partial charge on any atom is 0.335 e. The second-order valence-corrected chi connectivity index (χ2v) is 4.27. The Hall–Kier alpha value is -2.82. The van der Waals surface area contributed by atoms with Crippen LogP contribution in [-0.2, 0) is 0 Å².